The topological polar surface area (TPSA) is 58.4 Å². The molecule has 1 aliphatic carbocycles. The fraction of sp³-hybridized carbons (Fsp3) is 0.900. The van der Waals surface area contributed by atoms with Crippen LogP contribution in [0.5, 0.6) is 0 Å². The van der Waals surface area contributed by atoms with Gasteiger partial charge in [0.05, 0.1) is 6.04 Å². The van der Waals surface area contributed by atoms with E-state index in [1.807, 2.05) is 11.9 Å². The number of nitrogens with zero attached hydrogens (tertiary/aromatic N) is 1. The van der Waals surface area contributed by atoms with Crippen molar-refractivity contribution in [3.05, 3.63) is 0 Å². The first-order valence-electron chi connectivity index (χ1n) is 5.41. The first-order chi connectivity index (χ1) is 6.68. The van der Waals surface area contributed by atoms with Crippen LogP contribution in [0.3, 0.4) is 0 Å². The van der Waals surface area contributed by atoms with Crippen molar-refractivity contribution in [2.45, 2.75) is 31.3 Å². The molecular formula is C10H19N3O. The van der Waals surface area contributed by atoms with Crippen molar-refractivity contribution in [3.63, 3.8) is 0 Å². The summed E-state index contributed by atoms with van der Waals surface area (Å²) < 4.78 is 0. The molecule has 1 amide bonds. The van der Waals surface area contributed by atoms with Crippen molar-refractivity contribution < 1.29 is 4.79 Å². The van der Waals surface area contributed by atoms with Crippen LogP contribution in [0.25, 0.3) is 0 Å². The standard InChI is InChI=1S/C10H19N3O/c1-13(9-5-12-6-9)10(14)7-2-3-8(11)4-7/h7-9,12H,2-6,11H2,1H3. The fourth-order valence-electron chi connectivity index (χ4n) is 2.26. The molecule has 2 rings (SSSR count). The van der Waals surface area contributed by atoms with Crippen LogP contribution in [0, 0.1) is 5.92 Å². The van der Waals surface area contributed by atoms with Crippen molar-refractivity contribution in [1.82, 2.24) is 10.2 Å². The molecule has 2 aliphatic rings. The second kappa shape index (κ2) is 3.87. The molecule has 0 bridgehead atoms. The third-order valence-corrected chi connectivity index (χ3v) is 3.48. The Bertz CT molecular complexity index is 223. The van der Waals surface area contributed by atoms with E-state index in [4.69, 9.17) is 5.73 Å². The van der Waals surface area contributed by atoms with Gasteiger partial charge in [0.2, 0.25) is 5.91 Å². The average molecular weight is 197 g/mol. The summed E-state index contributed by atoms with van der Waals surface area (Å²) in [5.41, 5.74) is 5.80. The minimum absolute atomic E-state index is 0.190. The zero-order valence-electron chi connectivity index (χ0n) is 8.70. The van der Waals surface area contributed by atoms with Crippen molar-refractivity contribution in [1.29, 1.82) is 0 Å². The van der Waals surface area contributed by atoms with E-state index in [-0.39, 0.29) is 12.0 Å². The summed E-state index contributed by atoms with van der Waals surface area (Å²) in [6.45, 7) is 1.89. The number of likely N-dealkylation sites (N-methyl/N-ethyl adjacent to an activating group) is 1. The monoisotopic (exact) mass is 197 g/mol. The Balaban J connectivity index is 1.87. The third-order valence-electron chi connectivity index (χ3n) is 3.48. The van der Waals surface area contributed by atoms with Gasteiger partial charge in [0.15, 0.2) is 0 Å². The number of hydrogen-bond donors (Lipinski definition) is 2. The van der Waals surface area contributed by atoms with Gasteiger partial charge in [0.1, 0.15) is 0 Å². The molecule has 1 heterocycles. The molecule has 4 nitrogen and oxygen atoms in total. The van der Waals surface area contributed by atoms with Crippen LogP contribution < -0.4 is 11.1 Å². The largest absolute Gasteiger partial charge is 0.340 e. The maximum absolute atomic E-state index is 12.0. The highest BCUT2D eigenvalue weighted by atomic mass is 16.2. The van der Waals surface area contributed by atoms with Gasteiger partial charge in [0, 0.05) is 32.1 Å². The van der Waals surface area contributed by atoms with Gasteiger partial charge in [-0.25, -0.2) is 0 Å². The van der Waals surface area contributed by atoms with E-state index in [1.165, 1.54) is 0 Å². The van der Waals surface area contributed by atoms with Gasteiger partial charge in [-0.3, -0.25) is 4.79 Å². The van der Waals surface area contributed by atoms with Crippen LogP contribution >= 0.6 is 0 Å². The number of hydrogen-bond acceptors (Lipinski definition) is 3. The van der Waals surface area contributed by atoms with Gasteiger partial charge in [0.25, 0.3) is 0 Å². The summed E-state index contributed by atoms with van der Waals surface area (Å²) >= 11 is 0. The molecule has 0 spiro atoms. The lowest BCUT2D eigenvalue weighted by Gasteiger charge is -2.36. The number of nitrogens with one attached hydrogen (secondary N) is 1. The minimum Gasteiger partial charge on any atom is -0.340 e. The summed E-state index contributed by atoms with van der Waals surface area (Å²) in [7, 11) is 1.91. The van der Waals surface area contributed by atoms with Crippen molar-refractivity contribution in [2.24, 2.45) is 11.7 Å². The number of carbonyl (C=O) groups excluding carboxylic acids is 1. The van der Waals surface area contributed by atoms with E-state index in [0.29, 0.717) is 11.9 Å². The van der Waals surface area contributed by atoms with E-state index in [2.05, 4.69) is 5.32 Å². The van der Waals surface area contributed by atoms with Crippen LogP contribution in [0.4, 0.5) is 0 Å². The van der Waals surface area contributed by atoms with Crippen LogP contribution in [0.2, 0.25) is 0 Å². The van der Waals surface area contributed by atoms with Crippen molar-refractivity contribution in [2.75, 3.05) is 20.1 Å². The predicted molar refractivity (Wildman–Crippen MR) is 54.7 cm³/mol. The molecule has 4 heteroatoms. The molecular weight excluding hydrogens is 178 g/mol. The summed E-state index contributed by atoms with van der Waals surface area (Å²) in [6.07, 6.45) is 2.86. The predicted octanol–water partition coefficient (Wildman–Crippen LogP) is -0.456. The van der Waals surface area contributed by atoms with Gasteiger partial charge in [-0.2, -0.15) is 0 Å². The molecule has 0 aromatic heterocycles. The van der Waals surface area contributed by atoms with Crippen LogP contribution in [-0.4, -0.2) is 43.0 Å². The highest BCUT2D eigenvalue weighted by Crippen LogP contribution is 2.26. The van der Waals surface area contributed by atoms with Gasteiger partial charge in [-0.05, 0) is 19.3 Å². The summed E-state index contributed by atoms with van der Waals surface area (Å²) in [6, 6.07) is 0.663. The first-order valence-corrected chi connectivity index (χ1v) is 5.41. The number of carbonyl (C=O) groups is 1. The van der Waals surface area contributed by atoms with Crippen LogP contribution in [0.15, 0.2) is 0 Å². The second-order valence-electron chi connectivity index (χ2n) is 4.53. The lowest BCUT2D eigenvalue weighted by molar-refractivity contribution is -0.137. The molecule has 1 saturated carbocycles. The SMILES string of the molecule is CN(C(=O)C1CCC(N)C1)C1CNC1. The maximum atomic E-state index is 12.0. The Morgan fingerprint density at radius 1 is 1.43 bits per heavy atom. The zero-order valence-corrected chi connectivity index (χ0v) is 8.70. The lowest BCUT2D eigenvalue weighted by atomic mass is 10.0. The van der Waals surface area contributed by atoms with E-state index in [9.17, 15) is 4.79 Å². The molecule has 14 heavy (non-hydrogen) atoms. The summed E-state index contributed by atoms with van der Waals surface area (Å²) in [4.78, 5) is 13.9. The highest BCUT2D eigenvalue weighted by molar-refractivity contribution is 5.79. The highest BCUT2D eigenvalue weighted by Gasteiger charge is 2.33. The Labute approximate surface area is 84.8 Å². The van der Waals surface area contributed by atoms with E-state index in [1.54, 1.807) is 0 Å². The minimum atomic E-state index is 0.190. The molecule has 0 aromatic carbocycles. The smallest absolute Gasteiger partial charge is 0.225 e. The van der Waals surface area contributed by atoms with Gasteiger partial charge < -0.3 is 16.0 Å². The first kappa shape index (κ1) is 9.93. The summed E-state index contributed by atoms with van der Waals surface area (Å²) in [5, 5.41) is 3.18. The molecule has 2 unspecified atom stereocenters. The maximum Gasteiger partial charge on any atom is 0.225 e. The number of nitrogens with two attached hydrogens (primary N) is 1. The molecule has 80 valence electrons. The fourth-order valence-corrected chi connectivity index (χ4v) is 2.26. The van der Waals surface area contributed by atoms with E-state index < -0.39 is 0 Å². The molecule has 3 N–H and O–H groups in total. The number of amides is 1. The van der Waals surface area contributed by atoms with Crippen molar-refractivity contribution in [3.8, 4) is 0 Å². The Morgan fingerprint density at radius 3 is 2.57 bits per heavy atom. The van der Waals surface area contributed by atoms with E-state index >= 15 is 0 Å². The molecule has 0 aromatic rings. The second-order valence-corrected chi connectivity index (χ2v) is 4.53. The molecule has 2 fully saturated rings. The zero-order chi connectivity index (χ0) is 10.1. The molecule has 2 atom stereocenters. The van der Waals surface area contributed by atoms with Gasteiger partial charge >= 0.3 is 0 Å². The Kier molecular flexibility index (Phi) is 2.74. The lowest BCUT2D eigenvalue weighted by Crippen LogP contribution is -2.58. The van der Waals surface area contributed by atoms with Gasteiger partial charge in [-0.1, -0.05) is 0 Å². The van der Waals surface area contributed by atoms with Crippen molar-refractivity contribution >= 4 is 5.91 Å². The molecule has 0 radical (unpaired) electrons. The molecule has 1 saturated heterocycles. The quantitative estimate of drug-likeness (QED) is 0.630. The third kappa shape index (κ3) is 1.77. The Morgan fingerprint density at radius 2 is 2.14 bits per heavy atom. The Hall–Kier alpha value is -0.610. The van der Waals surface area contributed by atoms with E-state index in [0.717, 1.165) is 32.4 Å². The van der Waals surface area contributed by atoms with Gasteiger partial charge in [-0.15, -0.1) is 0 Å². The average Bonchev–Trinajstić information content (AvgIpc) is 2.47. The van der Waals surface area contributed by atoms with Crippen LogP contribution in [-0.2, 0) is 4.79 Å². The normalized spacial score (nSPS) is 32.7. The molecule has 1 aliphatic heterocycles. The number of rotatable bonds is 2. The summed E-state index contributed by atoms with van der Waals surface area (Å²) in [5.74, 6) is 0.486. The van der Waals surface area contributed by atoms with Crippen LogP contribution in [0.1, 0.15) is 19.3 Å².